The molecule has 0 bridgehead atoms. The summed E-state index contributed by atoms with van der Waals surface area (Å²) in [5.74, 6) is -0.321. The first kappa shape index (κ1) is 16.1. The van der Waals surface area contributed by atoms with Gasteiger partial charge in [0.1, 0.15) is 0 Å². The van der Waals surface area contributed by atoms with Crippen LogP contribution in [0.4, 0.5) is 5.69 Å². The quantitative estimate of drug-likeness (QED) is 0.851. The summed E-state index contributed by atoms with van der Waals surface area (Å²) in [6.07, 6.45) is 0. The van der Waals surface area contributed by atoms with Crippen LogP contribution in [0.5, 0.6) is 0 Å². The van der Waals surface area contributed by atoms with Gasteiger partial charge < -0.3 is 10.1 Å². The number of rotatable bonds is 4. The minimum Gasteiger partial charge on any atom is -0.465 e. The maximum Gasteiger partial charge on any atom is 0.337 e. The van der Waals surface area contributed by atoms with Crippen molar-refractivity contribution < 1.29 is 9.53 Å². The maximum atomic E-state index is 11.5. The Morgan fingerprint density at radius 3 is 2.36 bits per heavy atom. The Morgan fingerprint density at radius 2 is 1.77 bits per heavy atom. The van der Waals surface area contributed by atoms with Gasteiger partial charge in [-0.1, -0.05) is 51.1 Å². The minimum absolute atomic E-state index is 0.167. The highest BCUT2D eigenvalue weighted by atomic mass is 16.5. The van der Waals surface area contributed by atoms with E-state index in [1.54, 1.807) is 12.1 Å². The first-order valence-electron chi connectivity index (χ1n) is 7.42. The topological polar surface area (TPSA) is 38.3 Å². The second kappa shape index (κ2) is 6.65. The largest absolute Gasteiger partial charge is 0.465 e. The Labute approximate surface area is 132 Å². The van der Waals surface area contributed by atoms with Crippen molar-refractivity contribution in [3.63, 3.8) is 0 Å². The molecule has 0 fully saturated rings. The van der Waals surface area contributed by atoms with Crippen molar-refractivity contribution in [1.29, 1.82) is 0 Å². The number of carbonyl (C=O) groups excluding carboxylic acids is 1. The van der Waals surface area contributed by atoms with Gasteiger partial charge in [0.15, 0.2) is 0 Å². The van der Waals surface area contributed by atoms with Gasteiger partial charge in [0, 0.05) is 12.2 Å². The molecule has 0 amide bonds. The molecule has 0 aliphatic heterocycles. The van der Waals surface area contributed by atoms with Gasteiger partial charge in [-0.25, -0.2) is 4.79 Å². The van der Waals surface area contributed by atoms with Crippen molar-refractivity contribution >= 4 is 11.7 Å². The van der Waals surface area contributed by atoms with Crippen molar-refractivity contribution in [2.45, 2.75) is 32.7 Å². The molecule has 116 valence electrons. The van der Waals surface area contributed by atoms with E-state index < -0.39 is 0 Å². The summed E-state index contributed by atoms with van der Waals surface area (Å²) in [5, 5.41) is 3.33. The second-order valence-electron chi connectivity index (χ2n) is 6.37. The minimum atomic E-state index is -0.321. The molecule has 0 aliphatic rings. The van der Waals surface area contributed by atoms with Gasteiger partial charge in [0.2, 0.25) is 0 Å². The average Bonchev–Trinajstić information content (AvgIpc) is 2.52. The Bertz CT molecular complexity index is 639. The highest BCUT2D eigenvalue weighted by molar-refractivity contribution is 5.90. The number of carbonyl (C=O) groups is 1. The molecule has 0 saturated heterocycles. The zero-order valence-electron chi connectivity index (χ0n) is 13.6. The molecular weight excluding hydrogens is 274 g/mol. The van der Waals surface area contributed by atoms with Crippen LogP contribution >= 0.6 is 0 Å². The van der Waals surface area contributed by atoms with Gasteiger partial charge in [-0.15, -0.1) is 0 Å². The summed E-state index contributed by atoms with van der Waals surface area (Å²) in [4.78, 5) is 11.5. The summed E-state index contributed by atoms with van der Waals surface area (Å²) in [6.45, 7) is 7.34. The summed E-state index contributed by atoms with van der Waals surface area (Å²) >= 11 is 0. The lowest BCUT2D eigenvalue weighted by atomic mass is 9.87. The van der Waals surface area contributed by atoms with Gasteiger partial charge >= 0.3 is 5.97 Å². The van der Waals surface area contributed by atoms with E-state index in [9.17, 15) is 4.79 Å². The van der Waals surface area contributed by atoms with Crippen LogP contribution in [0.1, 0.15) is 42.3 Å². The average molecular weight is 297 g/mol. The van der Waals surface area contributed by atoms with Gasteiger partial charge in [-0.3, -0.25) is 0 Å². The van der Waals surface area contributed by atoms with E-state index in [-0.39, 0.29) is 11.4 Å². The molecule has 2 aromatic carbocycles. The number of esters is 1. The van der Waals surface area contributed by atoms with Crippen molar-refractivity contribution in [1.82, 2.24) is 0 Å². The molecule has 0 unspecified atom stereocenters. The summed E-state index contributed by atoms with van der Waals surface area (Å²) in [6, 6.07) is 15.9. The molecule has 22 heavy (non-hydrogen) atoms. The van der Waals surface area contributed by atoms with Gasteiger partial charge in [0.25, 0.3) is 0 Å². The molecular formula is C19H23NO2. The van der Waals surface area contributed by atoms with Crippen LogP contribution in [-0.2, 0) is 16.7 Å². The van der Waals surface area contributed by atoms with Crippen molar-refractivity contribution in [3.8, 4) is 0 Å². The Balaban J connectivity index is 2.03. The third kappa shape index (κ3) is 4.10. The zero-order chi connectivity index (χ0) is 16.2. The number of ether oxygens (including phenoxy) is 1. The van der Waals surface area contributed by atoms with Crippen molar-refractivity contribution in [3.05, 3.63) is 65.2 Å². The third-order valence-corrected chi connectivity index (χ3v) is 3.60. The molecule has 1 N–H and O–H groups in total. The standard InChI is InChI=1S/C19H23NO2/c1-19(2,3)16-10-8-14(9-11-16)13-20-17-7-5-6-15(12-17)18(21)22-4/h5-12,20H,13H2,1-4H3. The van der Waals surface area contributed by atoms with E-state index in [0.29, 0.717) is 5.56 Å². The highest BCUT2D eigenvalue weighted by Gasteiger charge is 2.12. The molecule has 0 radical (unpaired) electrons. The molecule has 0 saturated carbocycles. The molecule has 2 rings (SSSR count). The number of benzene rings is 2. The fraction of sp³-hybridized carbons (Fsp3) is 0.316. The Kier molecular flexibility index (Phi) is 4.86. The van der Waals surface area contributed by atoms with Crippen LogP contribution in [0.2, 0.25) is 0 Å². The first-order valence-corrected chi connectivity index (χ1v) is 7.42. The number of hydrogen-bond donors (Lipinski definition) is 1. The molecule has 0 aromatic heterocycles. The lowest BCUT2D eigenvalue weighted by molar-refractivity contribution is 0.0601. The first-order chi connectivity index (χ1) is 10.4. The highest BCUT2D eigenvalue weighted by Crippen LogP contribution is 2.22. The van der Waals surface area contributed by atoms with Gasteiger partial charge in [0.05, 0.1) is 12.7 Å². The van der Waals surface area contributed by atoms with Crippen LogP contribution in [0, 0.1) is 0 Å². The molecule has 0 aliphatic carbocycles. The number of methoxy groups -OCH3 is 1. The zero-order valence-corrected chi connectivity index (χ0v) is 13.6. The third-order valence-electron chi connectivity index (χ3n) is 3.60. The van der Waals surface area contributed by atoms with E-state index in [2.05, 4.69) is 50.4 Å². The van der Waals surface area contributed by atoms with E-state index >= 15 is 0 Å². The number of hydrogen-bond acceptors (Lipinski definition) is 3. The lowest BCUT2D eigenvalue weighted by Gasteiger charge is -2.19. The van der Waals surface area contributed by atoms with Gasteiger partial charge in [-0.05, 0) is 34.7 Å². The van der Waals surface area contributed by atoms with E-state index in [0.717, 1.165) is 12.2 Å². The number of nitrogens with one attached hydrogen (secondary N) is 1. The Hall–Kier alpha value is -2.29. The molecule has 2 aromatic rings. The normalized spacial score (nSPS) is 11.1. The Morgan fingerprint density at radius 1 is 1.09 bits per heavy atom. The summed E-state index contributed by atoms with van der Waals surface area (Å²) in [7, 11) is 1.39. The fourth-order valence-corrected chi connectivity index (χ4v) is 2.20. The fourth-order valence-electron chi connectivity index (χ4n) is 2.20. The van der Waals surface area contributed by atoms with Crippen molar-refractivity contribution in [2.24, 2.45) is 0 Å². The molecule has 0 atom stereocenters. The monoisotopic (exact) mass is 297 g/mol. The molecule has 0 heterocycles. The van der Waals surface area contributed by atoms with Crippen LogP contribution < -0.4 is 5.32 Å². The van der Waals surface area contributed by atoms with E-state index in [1.165, 1.54) is 18.2 Å². The van der Waals surface area contributed by atoms with Crippen LogP contribution in [0.25, 0.3) is 0 Å². The van der Waals surface area contributed by atoms with Crippen molar-refractivity contribution in [2.75, 3.05) is 12.4 Å². The smallest absolute Gasteiger partial charge is 0.337 e. The predicted molar refractivity (Wildman–Crippen MR) is 90.3 cm³/mol. The van der Waals surface area contributed by atoms with E-state index in [4.69, 9.17) is 4.74 Å². The maximum absolute atomic E-state index is 11.5. The van der Waals surface area contributed by atoms with Crippen LogP contribution in [0.3, 0.4) is 0 Å². The van der Waals surface area contributed by atoms with Crippen LogP contribution in [0.15, 0.2) is 48.5 Å². The van der Waals surface area contributed by atoms with Gasteiger partial charge in [-0.2, -0.15) is 0 Å². The second-order valence-corrected chi connectivity index (χ2v) is 6.37. The summed E-state index contributed by atoms with van der Waals surface area (Å²) in [5.41, 5.74) is 4.15. The molecule has 0 spiro atoms. The number of anilines is 1. The molecule has 3 heteroatoms. The SMILES string of the molecule is COC(=O)c1cccc(NCc2ccc(C(C)(C)C)cc2)c1. The predicted octanol–water partition coefficient (Wildman–Crippen LogP) is 4.38. The lowest BCUT2D eigenvalue weighted by Crippen LogP contribution is -2.11. The van der Waals surface area contributed by atoms with E-state index in [1.807, 2.05) is 12.1 Å². The summed E-state index contributed by atoms with van der Waals surface area (Å²) < 4.78 is 4.73. The van der Waals surface area contributed by atoms with Crippen LogP contribution in [-0.4, -0.2) is 13.1 Å². The molecule has 3 nitrogen and oxygen atoms in total.